The van der Waals surface area contributed by atoms with Crippen LogP contribution in [0.4, 0.5) is 11.4 Å². The topological polar surface area (TPSA) is 92.6 Å². The highest BCUT2D eigenvalue weighted by Gasteiger charge is 2.25. The molecule has 7 heteroatoms. The number of rotatable bonds is 6. The highest BCUT2D eigenvalue weighted by Crippen LogP contribution is 2.24. The second-order valence-corrected chi connectivity index (χ2v) is 6.62. The lowest BCUT2D eigenvalue weighted by atomic mass is 9.95. The van der Waals surface area contributed by atoms with Crippen molar-refractivity contribution < 1.29 is 14.5 Å². The lowest BCUT2D eigenvalue weighted by Gasteiger charge is -2.33. The molecule has 1 heterocycles. The van der Waals surface area contributed by atoms with Crippen LogP contribution in [-0.2, 0) is 11.3 Å². The summed E-state index contributed by atoms with van der Waals surface area (Å²) in [6, 6.07) is 13.7. The van der Waals surface area contributed by atoms with Crippen molar-refractivity contribution in [2.45, 2.75) is 19.4 Å². The molecule has 0 atom stereocenters. The quantitative estimate of drug-likeness (QED) is 0.481. The van der Waals surface area contributed by atoms with Gasteiger partial charge in [-0.15, -0.1) is 0 Å². The summed E-state index contributed by atoms with van der Waals surface area (Å²) in [4.78, 5) is 35.7. The monoisotopic (exact) mass is 367 g/mol. The van der Waals surface area contributed by atoms with E-state index in [2.05, 4.69) is 10.2 Å². The third-order valence-electron chi connectivity index (χ3n) is 4.85. The number of hydrogen-bond donors (Lipinski definition) is 1. The number of carbonyl (C=O) groups excluding carboxylic acids is 2. The molecule has 1 N–H and O–H groups in total. The first-order chi connectivity index (χ1) is 13.1. The van der Waals surface area contributed by atoms with E-state index < -0.39 is 4.92 Å². The Hall–Kier alpha value is -3.22. The molecule has 2 aromatic carbocycles. The van der Waals surface area contributed by atoms with Crippen LogP contribution >= 0.6 is 0 Å². The normalized spacial score (nSPS) is 14.6. The molecule has 1 aliphatic rings. The number of non-ortho nitro benzene ring substituents is 1. The molecule has 0 spiro atoms. The average Bonchev–Trinajstić information content (AvgIpc) is 2.72. The van der Waals surface area contributed by atoms with Gasteiger partial charge in [0.1, 0.15) is 6.29 Å². The Labute approximate surface area is 157 Å². The number of nitro benzene ring substituents is 1. The number of piperidine rings is 1. The molecular weight excluding hydrogens is 346 g/mol. The van der Waals surface area contributed by atoms with Crippen molar-refractivity contribution >= 4 is 23.6 Å². The van der Waals surface area contributed by atoms with Crippen LogP contribution < -0.4 is 10.2 Å². The maximum atomic E-state index is 12.4. The summed E-state index contributed by atoms with van der Waals surface area (Å²) in [5, 5.41) is 13.7. The van der Waals surface area contributed by atoms with Gasteiger partial charge in [-0.1, -0.05) is 12.1 Å². The molecule has 0 aliphatic carbocycles. The number of aldehydes is 1. The second kappa shape index (κ2) is 8.44. The number of anilines is 1. The summed E-state index contributed by atoms with van der Waals surface area (Å²) >= 11 is 0. The van der Waals surface area contributed by atoms with Gasteiger partial charge in [0.05, 0.1) is 4.92 Å². The summed E-state index contributed by atoms with van der Waals surface area (Å²) < 4.78 is 0. The molecule has 7 nitrogen and oxygen atoms in total. The minimum atomic E-state index is -0.442. The smallest absolute Gasteiger partial charge is 0.269 e. The van der Waals surface area contributed by atoms with Crippen LogP contribution in [0, 0.1) is 16.0 Å². The molecule has 0 saturated carbocycles. The third kappa shape index (κ3) is 4.69. The van der Waals surface area contributed by atoms with Crippen molar-refractivity contribution in [3.63, 3.8) is 0 Å². The van der Waals surface area contributed by atoms with Gasteiger partial charge in [-0.3, -0.25) is 19.7 Å². The molecule has 1 saturated heterocycles. The molecule has 140 valence electrons. The van der Waals surface area contributed by atoms with Gasteiger partial charge >= 0.3 is 0 Å². The van der Waals surface area contributed by atoms with E-state index in [4.69, 9.17) is 0 Å². The van der Waals surface area contributed by atoms with Gasteiger partial charge in [0, 0.05) is 48.9 Å². The first-order valence-corrected chi connectivity index (χ1v) is 8.88. The fourth-order valence-electron chi connectivity index (χ4n) is 3.28. The number of nitrogens with one attached hydrogen (secondary N) is 1. The van der Waals surface area contributed by atoms with Gasteiger partial charge in [-0.25, -0.2) is 0 Å². The Balaban J connectivity index is 1.50. The summed E-state index contributed by atoms with van der Waals surface area (Å²) in [6.07, 6.45) is 2.31. The molecule has 0 radical (unpaired) electrons. The van der Waals surface area contributed by atoms with E-state index in [1.807, 2.05) is 12.1 Å². The number of carbonyl (C=O) groups is 2. The van der Waals surface area contributed by atoms with Gasteiger partial charge in [0.2, 0.25) is 5.91 Å². The fourth-order valence-corrected chi connectivity index (χ4v) is 3.28. The van der Waals surface area contributed by atoms with Crippen LogP contribution in [0.15, 0.2) is 48.5 Å². The maximum Gasteiger partial charge on any atom is 0.269 e. The van der Waals surface area contributed by atoms with Gasteiger partial charge in [0.25, 0.3) is 5.69 Å². The van der Waals surface area contributed by atoms with Crippen molar-refractivity contribution in [3.8, 4) is 0 Å². The predicted molar refractivity (Wildman–Crippen MR) is 102 cm³/mol. The SMILES string of the molecule is O=Cc1ccc(N2CCC(C(=O)NCc3cccc([N+](=O)[O-])c3)CC2)cc1. The fraction of sp³-hybridized carbons (Fsp3) is 0.300. The van der Waals surface area contributed by atoms with Crippen LogP contribution in [-0.4, -0.2) is 30.2 Å². The van der Waals surface area contributed by atoms with Gasteiger partial charge < -0.3 is 10.2 Å². The van der Waals surface area contributed by atoms with E-state index in [-0.39, 0.29) is 24.1 Å². The number of nitrogens with zero attached hydrogens (tertiary/aromatic N) is 2. The average molecular weight is 367 g/mol. The molecule has 2 aromatic rings. The van der Waals surface area contributed by atoms with Gasteiger partial charge in [-0.2, -0.15) is 0 Å². The van der Waals surface area contributed by atoms with E-state index in [0.29, 0.717) is 11.1 Å². The minimum absolute atomic E-state index is 0.0162. The summed E-state index contributed by atoms with van der Waals surface area (Å²) in [5.41, 5.74) is 2.44. The molecule has 1 amide bonds. The van der Waals surface area contributed by atoms with E-state index in [9.17, 15) is 19.7 Å². The van der Waals surface area contributed by atoms with Crippen LogP contribution in [0.25, 0.3) is 0 Å². The number of nitro groups is 1. The minimum Gasteiger partial charge on any atom is -0.371 e. The second-order valence-electron chi connectivity index (χ2n) is 6.62. The third-order valence-corrected chi connectivity index (χ3v) is 4.85. The van der Waals surface area contributed by atoms with Crippen molar-refractivity contribution in [3.05, 3.63) is 69.8 Å². The van der Waals surface area contributed by atoms with Crippen LogP contribution in [0.2, 0.25) is 0 Å². The lowest BCUT2D eigenvalue weighted by molar-refractivity contribution is -0.384. The molecule has 0 bridgehead atoms. The zero-order valence-corrected chi connectivity index (χ0v) is 14.8. The Morgan fingerprint density at radius 1 is 1.19 bits per heavy atom. The van der Waals surface area contributed by atoms with Gasteiger partial charge in [-0.05, 0) is 42.7 Å². The van der Waals surface area contributed by atoms with E-state index in [0.717, 1.165) is 37.9 Å². The van der Waals surface area contributed by atoms with Crippen molar-refractivity contribution in [1.82, 2.24) is 5.32 Å². The van der Waals surface area contributed by atoms with Crippen LogP contribution in [0.5, 0.6) is 0 Å². The summed E-state index contributed by atoms with van der Waals surface area (Å²) in [7, 11) is 0. The van der Waals surface area contributed by atoms with Crippen molar-refractivity contribution in [2.75, 3.05) is 18.0 Å². The van der Waals surface area contributed by atoms with Crippen LogP contribution in [0.3, 0.4) is 0 Å². The Bertz CT molecular complexity index is 827. The first-order valence-electron chi connectivity index (χ1n) is 8.88. The summed E-state index contributed by atoms with van der Waals surface area (Å²) in [5.74, 6) is -0.0772. The maximum absolute atomic E-state index is 12.4. The number of amides is 1. The highest BCUT2D eigenvalue weighted by molar-refractivity contribution is 5.79. The van der Waals surface area contributed by atoms with E-state index in [1.165, 1.54) is 12.1 Å². The summed E-state index contributed by atoms with van der Waals surface area (Å²) in [6.45, 7) is 1.83. The first kappa shape index (κ1) is 18.6. The Morgan fingerprint density at radius 2 is 1.89 bits per heavy atom. The largest absolute Gasteiger partial charge is 0.371 e. The molecule has 3 rings (SSSR count). The zero-order chi connectivity index (χ0) is 19.2. The highest BCUT2D eigenvalue weighted by atomic mass is 16.6. The number of hydrogen-bond acceptors (Lipinski definition) is 5. The van der Waals surface area contributed by atoms with Crippen molar-refractivity contribution in [2.24, 2.45) is 5.92 Å². The zero-order valence-electron chi connectivity index (χ0n) is 14.8. The molecule has 1 aliphatic heterocycles. The lowest BCUT2D eigenvalue weighted by Crippen LogP contribution is -2.40. The predicted octanol–water partition coefficient (Wildman–Crippen LogP) is 2.94. The van der Waals surface area contributed by atoms with Crippen LogP contribution in [0.1, 0.15) is 28.8 Å². The molecular formula is C20H21N3O4. The Morgan fingerprint density at radius 3 is 2.52 bits per heavy atom. The number of benzene rings is 2. The molecule has 1 fully saturated rings. The molecule has 27 heavy (non-hydrogen) atoms. The van der Waals surface area contributed by atoms with E-state index >= 15 is 0 Å². The Kier molecular flexibility index (Phi) is 5.80. The standard InChI is InChI=1S/C20H21N3O4/c24-14-15-4-6-18(7-5-15)22-10-8-17(9-11-22)20(25)21-13-16-2-1-3-19(12-16)23(26)27/h1-7,12,14,17H,8-11,13H2,(H,21,25). The molecule has 0 unspecified atom stereocenters. The van der Waals surface area contributed by atoms with Gasteiger partial charge in [0.15, 0.2) is 0 Å². The van der Waals surface area contributed by atoms with Crippen molar-refractivity contribution in [1.29, 1.82) is 0 Å². The molecule has 0 aromatic heterocycles. The van der Waals surface area contributed by atoms with E-state index in [1.54, 1.807) is 24.3 Å².